The summed E-state index contributed by atoms with van der Waals surface area (Å²) in [6.07, 6.45) is 1.53. The molecule has 0 saturated heterocycles. The molecule has 6 rings (SSSR count). The number of rotatable bonds is 16. The van der Waals surface area contributed by atoms with Crippen LogP contribution in [0.25, 0.3) is 21.8 Å². The van der Waals surface area contributed by atoms with Crippen molar-refractivity contribution in [3.8, 4) is 11.5 Å². The van der Waals surface area contributed by atoms with E-state index in [0.717, 1.165) is 16.3 Å². The number of aromatic nitrogens is 2. The number of fused-ring (bicyclic) bond motifs is 4. The van der Waals surface area contributed by atoms with E-state index >= 15 is 0 Å². The molecule has 1 aliphatic rings. The lowest BCUT2D eigenvalue weighted by Gasteiger charge is -2.17. The van der Waals surface area contributed by atoms with Gasteiger partial charge in [-0.3, -0.25) is 9.59 Å². The smallest absolute Gasteiger partial charge is 0.274 e. The van der Waals surface area contributed by atoms with Gasteiger partial charge in [0.1, 0.15) is 29.4 Å². The Morgan fingerprint density at radius 1 is 0.918 bits per heavy atom. The predicted octanol–water partition coefficient (Wildman–Crippen LogP) is 5.08. The van der Waals surface area contributed by atoms with Gasteiger partial charge >= 0.3 is 0 Å². The van der Waals surface area contributed by atoms with Gasteiger partial charge in [-0.05, 0) is 47.3 Å². The van der Waals surface area contributed by atoms with Crippen molar-refractivity contribution < 1.29 is 38.7 Å². The maximum absolute atomic E-state index is 13.8. The SMILES string of the molecule is O=C(Nc1cnc2[nH]c(C(=O)N3C[C@@H](CCl)c4c3cc(O)c3ccccc43)cc2c1)c1ccc(OCCOCCOCCOCCO)cc1. The fourth-order valence-electron chi connectivity index (χ4n) is 5.82. The molecule has 0 spiro atoms. The molecule has 13 heteroatoms. The van der Waals surface area contributed by atoms with Crippen LogP contribution in [0.1, 0.15) is 32.3 Å². The first-order valence-corrected chi connectivity index (χ1v) is 16.5. The van der Waals surface area contributed by atoms with Crippen LogP contribution in [0.5, 0.6) is 11.5 Å². The molecule has 256 valence electrons. The summed E-state index contributed by atoms with van der Waals surface area (Å²) in [5.41, 5.74) is 3.31. The standard InChI is InChI=1S/C36H37ClN4O8/c37-20-25-22-41(31-19-32(43)28-3-1-2-4-29(28)33(25)31)36(45)30-18-24-17-26(21-38-34(24)40-30)39-35(44)23-5-7-27(8-6-23)49-16-15-48-14-13-47-12-11-46-10-9-42/h1-8,17-19,21,25,42-43H,9-16,20,22H2,(H,38,40)(H,39,44)/t25-/m1/s1. The summed E-state index contributed by atoms with van der Waals surface area (Å²) in [4.78, 5) is 35.9. The second kappa shape index (κ2) is 16.1. The maximum Gasteiger partial charge on any atom is 0.274 e. The summed E-state index contributed by atoms with van der Waals surface area (Å²) in [6.45, 7) is 3.13. The number of aliphatic hydroxyl groups excluding tert-OH is 1. The maximum atomic E-state index is 13.8. The van der Waals surface area contributed by atoms with Crippen LogP contribution in [-0.2, 0) is 14.2 Å². The Hall–Kier alpha value is -4.72. The van der Waals surface area contributed by atoms with E-state index in [1.807, 2.05) is 24.3 Å². The van der Waals surface area contributed by atoms with Gasteiger partial charge in [-0.1, -0.05) is 24.3 Å². The third-order valence-electron chi connectivity index (χ3n) is 8.13. The van der Waals surface area contributed by atoms with E-state index < -0.39 is 0 Å². The number of phenolic OH excluding ortho intramolecular Hbond substituents is 1. The molecule has 0 aliphatic carbocycles. The number of H-pyrrole nitrogens is 1. The third-order valence-corrected chi connectivity index (χ3v) is 8.50. The quantitative estimate of drug-likeness (QED) is 0.0821. The molecule has 49 heavy (non-hydrogen) atoms. The molecule has 3 aromatic carbocycles. The number of pyridine rings is 1. The first kappa shape index (κ1) is 34.2. The van der Waals surface area contributed by atoms with Crippen molar-refractivity contribution in [2.75, 3.05) is 75.5 Å². The molecule has 0 bridgehead atoms. The Balaban J connectivity index is 1.02. The molecule has 0 saturated carbocycles. The van der Waals surface area contributed by atoms with Crippen molar-refractivity contribution in [1.82, 2.24) is 9.97 Å². The van der Waals surface area contributed by atoms with Crippen LogP contribution >= 0.6 is 11.6 Å². The first-order chi connectivity index (χ1) is 24.0. The minimum absolute atomic E-state index is 0.00563. The molecule has 0 fully saturated rings. The van der Waals surface area contributed by atoms with E-state index in [4.69, 9.17) is 35.7 Å². The lowest BCUT2D eigenvalue weighted by atomic mass is 9.95. The predicted molar refractivity (Wildman–Crippen MR) is 186 cm³/mol. The largest absolute Gasteiger partial charge is 0.507 e. The molecule has 2 amide bonds. The Morgan fingerprint density at radius 2 is 1.61 bits per heavy atom. The van der Waals surface area contributed by atoms with E-state index in [1.165, 1.54) is 6.20 Å². The van der Waals surface area contributed by atoms with Gasteiger partial charge in [0.15, 0.2) is 0 Å². The van der Waals surface area contributed by atoms with Crippen LogP contribution in [0, 0.1) is 0 Å². The molecule has 1 atom stereocenters. The highest BCUT2D eigenvalue weighted by Gasteiger charge is 2.35. The van der Waals surface area contributed by atoms with Crippen LogP contribution in [-0.4, -0.2) is 97.3 Å². The zero-order chi connectivity index (χ0) is 34.2. The van der Waals surface area contributed by atoms with Crippen molar-refractivity contribution >= 4 is 56.6 Å². The van der Waals surface area contributed by atoms with Crippen molar-refractivity contribution in [1.29, 1.82) is 0 Å². The molecule has 0 radical (unpaired) electrons. The van der Waals surface area contributed by atoms with Crippen LogP contribution in [0.2, 0.25) is 0 Å². The number of nitrogens with zero attached hydrogens (tertiary/aromatic N) is 2. The topological polar surface area (TPSA) is 155 Å². The highest BCUT2D eigenvalue weighted by Crippen LogP contribution is 2.45. The van der Waals surface area contributed by atoms with E-state index in [2.05, 4.69) is 15.3 Å². The monoisotopic (exact) mass is 688 g/mol. The lowest BCUT2D eigenvalue weighted by Crippen LogP contribution is -2.30. The van der Waals surface area contributed by atoms with E-state index in [-0.39, 0.29) is 30.1 Å². The summed E-state index contributed by atoms with van der Waals surface area (Å²) in [7, 11) is 0. The molecule has 3 heterocycles. The lowest BCUT2D eigenvalue weighted by molar-refractivity contribution is 0.00361. The molecule has 0 unspecified atom stereocenters. The minimum atomic E-state index is -0.322. The Morgan fingerprint density at radius 3 is 2.33 bits per heavy atom. The van der Waals surface area contributed by atoms with Crippen molar-refractivity contribution in [2.24, 2.45) is 0 Å². The number of hydrogen-bond acceptors (Lipinski definition) is 9. The van der Waals surface area contributed by atoms with Crippen LogP contribution in [0.3, 0.4) is 0 Å². The molecule has 2 aromatic heterocycles. The molecular weight excluding hydrogens is 652 g/mol. The molecular formula is C36H37ClN4O8. The zero-order valence-corrected chi connectivity index (χ0v) is 27.4. The summed E-state index contributed by atoms with van der Waals surface area (Å²) in [5.74, 6) is 0.353. The summed E-state index contributed by atoms with van der Waals surface area (Å²) in [5, 5.41) is 24.5. The van der Waals surface area contributed by atoms with Crippen molar-refractivity contribution in [3.05, 3.63) is 89.7 Å². The van der Waals surface area contributed by atoms with Crippen LogP contribution in [0.15, 0.2) is 72.9 Å². The Bertz CT molecular complexity index is 1920. The van der Waals surface area contributed by atoms with Crippen LogP contribution < -0.4 is 15.0 Å². The van der Waals surface area contributed by atoms with Gasteiger partial charge in [0.2, 0.25) is 0 Å². The molecule has 1 aliphatic heterocycles. The highest BCUT2D eigenvalue weighted by molar-refractivity contribution is 6.19. The minimum Gasteiger partial charge on any atom is -0.507 e. The fourth-order valence-corrected chi connectivity index (χ4v) is 6.07. The number of carbonyl (C=O) groups excluding carboxylic acids is 2. The number of hydrogen-bond donors (Lipinski definition) is 4. The third kappa shape index (κ3) is 7.96. The number of anilines is 2. The van der Waals surface area contributed by atoms with Gasteiger partial charge in [-0.2, -0.15) is 0 Å². The van der Waals surface area contributed by atoms with Gasteiger partial charge in [0.05, 0.1) is 63.8 Å². The second-order valence-corrected chi connectivity index (χ2v) is 11.7. The van der Waals surface area contributed by atoms with Gasteiger partial charge in [0.25, 0.3) is 11.8 Å². The number of carbonyl (C=O) groups is 2. The van der Waals surface area contributed by atoms with E-state index in [1.54, 1.807) is 47.4 Å². The van der Waals surface area contributed by atoms with Gasteiger partial charge in [0, 0.05) is 40.7 Å². The number of ether oxygens (including phenoxy) is 4. The number of aromatic amines is 1. The van der Waals surface area contributed by atoms with Gasteiger partial charge in [-0.15, -0.1) is 11.6 Å². The van der Waals surface area contributed by atoms with Crippen molar-refractivity contribution in [2.45, 2.75) is 5.92 Å². The van der Waals surface area contributed by atoms with Crippen molar-refractivity contribution in [3.63, 3.8) is 0 Å². The number of phenols is 1. The number of amides is 2. The zero-order valence-electron chi connectivity index (χ0n) is 26.7. The fraction of sp³-hybridized carbons (Fsp3) is 0.306. The average Bonchev–Trinajstić information content (AvgIpc) is 3.72. The number of alkyl halides is 1. The number of nitrogens with one attached hydrogen (secondary N) is 2. The second-order valence-electron chi connectivity index (χ2n) is 11.4. The van der Waals surface area contributed by atoms with E-state index in [0.29, 0.717) is 98.1 Å². The highest BCUT2D eigenvalue weighted by atomic mass is 35.5. The summed E-state index contributed by atoms with van der Waals surface area (Å²) >= 11 is 6.35. The molecule has 12 nitrogen and oxygen atoms in total. The number of aromatic hydroxyl groups is 1. The van der Waals surface area contributed by atoms with Gasteiger partial charge in [-0.25, -0.2) is 4.98 Å². The summed E-state index contributed by atoms with van der Waals surface area (Å²) in [6, 6.07) is 19.4. The van der Waals surface area contributed by atoms with Crippen LogP contribution in [0.4, 0.5) is 11.4 Å². The van der Waals surface area contributed by atoms with E-state index in [9.17, 15) is 14.7 Å². The Kier molecular flexibility index (Phi) is 11.2. The average molecular weight is 689 g/mol. The number of aliphatic hydroxyl groups is 1. The normalized spacial score (nSPS) is 14.0. The number of halogens is 1. The molecule has 5 aromatic rings. The van der Waals surface area contributed by atoms with Gasteiger partial charge < -0.3 is 44.4 Å². The Labute approximate surface area is 287 Å². The molecule has 4 N–H and O–H groups in total. The number of benzene rings is 3. The first-order valence-electron chi connectivity index (χ1n) is 16.0. The summed E-state index contributed by atoms with van der Waals surface area (Å²) < 4.78 is 21.6.